The van der Waals surface area contributed by atoms with Gasteiger partial charge in [-0.2, -0.15) is 26.3 Å². The molecule has 0 heterocycles. The zero-order valence-electron chi connectivity index (χ0n) is 16.5. The van der Waals surface area contributed by atoms with E-state index in [9.17, 15) is 35.1 Å². The Morgan fingerprint density at radius 1 is 0.688 bits per heavy atom. The highest BCUT2D eigenvalue weighted by molar-refractivity contribution is 5.47. The lowest BCUT2D eigenvalue weighted by atomic mass is 9.73. The van der Waals surface area contributed by atoms with Gasteiger partial charge in [-0.15, -0.1) is 0 Å². The second-order valence-electron chi connectivity index (χ2n) is 6.77. The largest absolute Gasteiger partial charge is 0.489 e. The van der Waals surface area contributed by atoms with Crippen LogP contribution in [0.15, 0.2) is 73.1 Å². The molecule has 2 aromatic carbocycles. The molecule has 0 aromatic heterocycles. The van der Waals surface area contributed by atoms with E-state index < -0.39 is 48.0 Å². The van der Waals surface area contributed by atoms with Crippen LogP contribution in [0.5, 0.6) is 11.5 Å². The first-order chi connectivity index (χ1) is 14.8. The molecule has 2 rings (SSSR count). The molecule has 10 heteroatoms. The van der Waals surface area contributed by atoms with Gasteiger partial charge in [0.05, 0.1) is 0 Å². The number of rotatable bonds is 9. The highest BCUT2D eigenvalue weighted by Crippen LogP contribution is 2.56. The second kappa shape index (κ2) is 9.62. The van der Waals surface area contributed by atoms with Crippen LogP contribution in [0.3, 0.4) is 0 Å². The van der Waals surface area contributed by atoms with Crippen molar-refractivity contribution in [2.24, 2.45) is 0 Å². The van der Waals surface area contributed by atoms with Gasteiger partial charge in [-0.25, -0.2) is 8.78 Å². The van der Waals surface area contributed by atoms with Gasteiger partial charge in [0.1, 0.15) is 37.2 Å². The molecular formula is C22H18F8O2. The average molecular weight is 466 g/mol. The Kier molecular flexibility index (Phi) is 7.58. The molecule has 0 radical (unpaired) electrons. The monoisotopic (exact) mass is 466 g/mol. The minimum atomic E-state index is -5.77. The zero-order chi connectivity index (χ0) is 24.2. The lowest BCUT2D eigenvalue weighted by Gasteiger charge is -2.38. The lowest BCUT2D eigenvalue weighted by molar-refractivity contribution is -0.288. The molecule has 0 unspecified atom stereocenters. The normalized spacial score (nSPS) is 12.4. The maximum Gasteiger partial charge on any atom is 0.411 e. The summed E-state index contributed by atoms with van der Waals surface area (Å²) in [6.07, 6.45) is -11.5. The maximum absolute atomic E-state index is 14.1. The molecule has 0 atom stereocenters. The van der Waals surface area contributed by atoms with Gasteiger partial charge < -0.3 is 9.47 Å². The maximum atomic E-state index is 14.1. The molecule has 0 saturated carbocycles. The molecule has 0 fully saturated rings. The van der Waals surface area contributed by atoms with Crippen LogP contribution < -0.4 is 9.47 Å². The Labute approximate surface area is 178 Å². The van der Waals surface area contributed by atoms with Crippen LogP contribution in [0.1, 0.15) is 11.1 Å². The topological polar surface area (TPSA) is 18.5 Å². The van der Waals surface area contributed by atoms with Crippen LogP contribution in [0.2, 0.25) is 0 Å². The van der Waals surface area contributed by atoms with Crippen molar-refractivity contribution in [2.45, 2.75) is 17.8 Å². The van der Waals surface area contributed by atoms with Gasteiger partial charge in [0.25, 0.3) is 0 Å². The van der Waals surface area contributed by atoms with E-state index in [0.717, 1.165) is 24.3 Å². The summed E-state index contributed by atoms with van der Waals surface area (Å²) in [6, 6.07) is 6.14. The molecule has 2 nitrogen and oxygen atoms in total. The van der Waals surface area contributed by atoms with Crippen molar-refractivity contribution in [1.82, 2.24) is 0 Å². The molecule has 2 aromatic rings. The number of alkyl halides is 7. The van der Waals surface area contributed by atoms with Crippen molar-refractivity contribution in [3.05, 3.63) is 84.2 Å². The summed E-state index contributed by atoms with van der Waals surface area (Å²) in [5.41, 5.74) is -6.51. The first kappa shape index (κ1) is 25.2. The fourth-order valence-corrected chi connectivity index (χ4v) is 2.97. The van der Waals surface area contributed by atoms with Gasteiger partial charge in [-0.3, -0.25) is 0 Å². The van der Waals surface area contributed by atoms with E-state index in [1.54, 1.807) is 0 Å². The average Bonchev–Trinajstić information content (AvgIpc) is 2.70. The van der Waals surface area contributed by atoms with Gasteiger partial charge >= 0.3 is 12.4 Å². The van der Waals surface area contributed by atoms with Gasteiger partial charge in [0, 0.05) is 0 Å². The first-order valence-electron chi connectivity index (χ1n) is 8.99. The van der Waals surface area contributed by atoms with Crippen molar-refractivity contribution in [2.75, 3.05) is 19.9 Å². The molecule has 0 spiro atoms. The van der Waals surface area contributed by atoms with Gasteiger partial charge in [0.15, 0.2) is 0 Å². The van der Waals surface area contributed by atoms with E-state index in [4.69, 9.17) is 9.47 Å². The van der Waals surface area contributed by atoms with E-state index in [2.05, 4.69) is 13.2 Å². The Hall–Kier alpha value is -3.04. The highest BCUT2D eigenvalue weighted by Gasteiger charge is 2.72. The minimum Gasteiger partial charge on any atom is -0.489 e. The van der Waals surface area contributed by atoms with E-state index in [0.29, 0.717) is 24.3 Å². The van der Waals surface area contributed by atoms with Crippen molar-refractivity contribution in [1.29, 1.82) is 0 Å². The van der Waals surface area contributed by atoms with Crippen LogP contribution in [0.4, 0.5) is 35.1 Å². The molecule has 0 aliphatic carbocycles. The lowest BCUT2D eigenvalue weighted by Crippen LogP contribution is -2.54. The van der Waals surface area contributed by atoms with Crippen molar-refractivity contribution in [3.8, 4) is 11.5 Å². The molecule has 0 aliphatic heterocycles. The van der Waals surface area contributed by atoms with Crippen LogP contribution in [-0.4, -0.2) is 32.2 Å². The number of halogens is 8. The summed E-state index contributed by atoms with van der Waals surface area (Å²) in [6.45, 7) is 4.52. The van der Waals surface area contributed by atoms with E-state index in [1.807, 2.05) is 0 Å². The third kappa shape index (κ3) is 5.23. The zero-order valence-corrected chi connectivity index (χ0v) is 16.5. The number of benzene rings is 2. The standard InChI is InChI=1S/C22H18F8O2/c1-14(11-23)12-31-18-7-3-16(4-8-18)20(21(25,26)27,22(28,29)30)17-5-9-19(10-6-17)32-13-15(2)24/h3-10H,1-2,11-13H2. The fraction of sp³-hybridized carbons (Fsp3) is 0.273. The summed E-state index contributed by atoms with van der Waals surface area (Å²) in [7, 11) is 0. The van der Waals surface area contributed by atoms with Crippen LogP contribution in [-0.2, 0) is 5.41 Å². The van der Waals surface area contributed by atoms with E-state index in [-0.39, 0.29) is 23.7 Å². The van der Waals surface area contributed by atoms with Crippen LogP contribution >= 0.6 is 0 Å². The van der Waals surface area contributed by atoms with Gasteiger partial charge in [0.2, 0.25) is 5.41 Å². The molecule has 32 heavy (non-hydrogen) atoms. The molecule has 0 aliphatic rings. The number of hydrogen-bond donors (Lipinski definition) is 0. The minimum absolute atomic E-state index is 0.0488. The third-order valence-electron chi connectivity index (χ3n) is 4.45. The van der Waals surface area contributed by atoms with Gasteiger partial charge in [-0.05, 0) is 41.0 Å². The predicted octanol–water partition coefficient (Wildman–Crippen LogP) is 6.86. The summed E-state index contributed by atoms with van der Waals surface area (Å²) in [4.78, 5) is 0. The molecule has 0 N–H and O–H groups in total. The summed E-state index contributed by atoms with van der Waals surface area (Å²) in [5, 5.41) is 0. The third-order valence-corrected chi connectivity index (χ3v) is 4.45. The molecular weight excluding hydrogens is 448 g/mol. The predicted molar refractivity (Wildman–Crippen MR) is 102 cm³/mol. The second-order valence-corrected chi connectivity index (χ2v) is 6.77. The summed E-state index contributed by atoms with van der Waals surface area (Å²) >= 11 is 0. The Morgan fingerprint density at radius 3 is 1.38 bits per heavy atom. The highest BCUT2D eigenvalue weighted by atomic mass is 19.4. The number of ether oxygens (including phenoxy) is 2. The Balaban J connectivity index is 2.53. The molecule has 174 valence electrons. The Morgan fingerprint density at radius 2 is 1.06 bits per heavy atom. The Bertz CT molecular complexity index is 914. The van der Waals surface area contributed by atoms with Crippen molar-refractivity contribution >= 4 is 0 Å². The quantitative estimate of drug-likeness (QED) is 0.297. The van der Waals surface area contributed by atoms with Gasteiger partial charge in [-0.1, -0.05) is 37.4 Å². The fourth-order valence-electron chi connectivity index (χ4n) is 2.97. The summed E-state index contributed by atoms with van der Waals surface area (Å²) in [5.74, 6) is -1.06. The van der Waals surface area contributed by atoms with E-state index >= 15 is 0 Å². The molecule has 0 saturated heterocycles. The van der Waals surface area contributed by atoms with Crippen LogP contribution in [0, 0.1) is 0 Å². The molecule has 0 amide bonds. The van der Waals surface area contributed by atoms with E-state index in [1.165, 1.54) is 0 Å². The smallest absolute Gasteiger partial charge is 0.411 e. The molecule has 0 bridgehead atoms. The number of hydrogen-bond acceptors (Lipinski definition) is 2. The SMILES string of the molecule is C=C(F)COc1ccc(C(c2ccc(OCC(=C)CF)cc2)(C(F)(F)F)C(F)(F)F)cc1. The van der Waals surface area contributed by atoms with Crippen molar-refractivity contribution in [3.63, 3.8) is 0 Å². The van der Waals surface area contributed by atoms with Crippen LogP contribution in [0.25, 0.3) is 0 Å². The first-order valence-corrected chi connectivity index (χ1v) is 8.99. The summed E-state index contributed by atoms with van der Waals surface area (Å²) < 4.78 is 120. The van der Waals surface area contributed by atoms with Crippen molar-refractivity contribution < 1.29 is 44.6 Å².